The van der Waals surface area contributed by atoms with Gasteiger partial charge >= 0.3 is 23.8 Å². The molecule has 1 aliphatic rings. The molecule has 1 heterocycles. The average molecular weight is 534 g/mol. The summed E-state index contributed by atoms with van der Waals surface area (Å²) in [6.07, 6.45) is 2.46. The van der Waals surface area contributed by atoms with Crippen LogP contribution in [0.25, 0.3) is 0 Å². The Bertz CT molecular complexity index is 1420. The Balaban J connectivity index is 1.44. The molecule has 0 aliphatic heterocycles. The Morgan fingerprint density at radius 3 is 2.45 bits per heavy atom. The number of esters is 2. The van der Waals surface area contributed by atoms with Crippen molar-refractivity contribution in [2.45, 2.75) is 40.0 Å². The third kappa shape index (κ3) is 5.97. The Kier molecular flexibility index (Phi) is 8.32. The highest BCUT2D eigenvalue weighted by Gasteiger charge is 2.29. The van der Waals surface area contributed by atoms with Crippen molar-refractivity contribution in [2.75, 3.05) is 11.9 Å². The molecule has 2 amide bonds. The van der Waals surface area contributed by atoms with Crippen LogP contribution < -0.4 is 15.5 Å². The van der Waals surface area contributed by atoms with Crippen LogP contribution in [0.4, 0.5) is 5.00 Å². The molecule has 0 atom stereocenters. The van der Waals surface area contributed by atoms with E-state index in [9.17, 15) is 19.2 Å². The molecule has 0 saturated carbocycles. The summed E-state index contributed by atoms with van der Waals surface area (Å²) in [6, 6.07) is 13.7. The number of rotatable bonds is 7. The zero-order chi connectivity index (χ0) is 27.2. The first-order valence-corrected chi connectivity index (χ1v) is 13.0. The van der Waals surface area contributed by atoms with E-state index in [-0.39, 0.29) is 12.4 Å². The molecule has 0 radical (unpaired) electrons. The molecule has 1 aromatic heterocycles. The maximum Gasteiger partial charge on any atom is 0.343 e. The Morgan fingerprint density at radius 2 is 1.71 bits per heavy atom. The first kappa shape index (κ1) is 26.7. The summed E-state index contributed by atoms with van der Waals surface area (Å²) in [4.78, 5) is 51.2. The summed E-state index contributed by atoms with van der Waals surface area (Å²) in [5.74, 6) is -2.78. The fraction of sp³-hybridized carbons (Fsp3) is 0.250. The molecule has 0 saturated heterocycles. The molecule has 1 aliphatic carbocycles. The van der Waals surface area contributed by atoms with E-state index in [0.717, 1.165) is 35.3 Å². The maximum absolute atomic E-state index is 12.6. The lowest BCUT2D eigenvalue weighted by atomic mass is 10.1. The van der Waals surface area contributed by atoms with Gasteiger partial charge in [0.25, 0.3) is 0 Å². The van der Waals surface area contributed by atoms with E-state index >= 15 is 0 Å². The molecule has 4 rings (SSSR count). The predicted octanol–water partition coefficient (Wildman–Crippen LogP) is 4.42. The van der Waals surface area contributed by atoms with Crippen LogP contribution in [0.1, 0.15) is 62.6 Å². The first-order valence-electron chi connectivity index (χ1n) is 12.1. The zero-order valence-electron chi connectivity index (χ0n) is 21.3. The lowest BCUT2D eigenvalue weighted by Crippen LogP contribution is -2.33. The van der Waals surface area contributed by atoms with Crippen LogP contribution in [-0.4, -0.2) is 36.1 Å². The number of aryl methyl sites for hydroxylation is 2. The van der Waals surface area contributed by atoms with Crippen LogP contribution in [0.15, 0.2) is 53.6 Å². The highest BCUT2D eigenvalue weighted by molar-refractivity contribution is 7.17. The molecule has 0 spiro atoms. The van der Waals surface area contributed by atoms with E-state index in [1.165, 1.54) is 11.3 Å². The van der Waals surface area contributed by atoms with Crippen LogP contribution in [0.3, 0.4) is 0 Å². The molecular weight excluding hydrogens is 506 g/mol. The standard InChI is InChI=1S/C28H27N3O6S/c1-4-36-28(35)23-20-9-7-11-22(20)38-26(23)29-24(32)25(33)31-30-17(3)19-8-5-6-10-21(19)37-27(34)18-14-12-16(2)13-15-18/h5-6,8,10,12-15H,4,7,9,11H2,1-3H3,(H,29,32)(H,31,33)/b30-17+. The zero-order valence-corrected chi connectivity index (χ0v) is 22.1. The largest absolute Gasteiger partial charge is 0.462 e. The van der Waals surface area contributed by atoms with E-state index < -0.39 is 23.8 Å². The number of carbonyl (C=O) groups is 4. The van der Waals surface area contributed by atoms with Gasteiger partial charge in [0, 0.05) is 10.4 Å². The molecule has 0 bridgehead atoms. The number of benzene rings is 2. The summed E-state index contributed by atoms with van der Waals surface area (Å²) in [7, 11) is 0. The van der Waals surface area contributed by atoms with Gasteiger partial charge in [-0.2, -0.15) is 5.10 Å². The minimum absolute atomic E-state index is 0.202. The van der Waals surface area contributed by atoms with E-state index in [0.29, 0.717) is 27.4 Å². The van der Waals surface area contributed by atoms with Gasteiger partial charge in [-0.25, -0.2) is 15.0 Å². The molecule has 0 fully saturated rings. The Labute approximate surface area is 223 Å². The SMILES string of the molecule is CCOC(=O)c1c(NC(=O)C(=O)N/N=C(\C)c2ccccc2OC(=O)c2ccc(C)cc2)sc2c1CCC2. The molecule has 2 aromatic carbocycles. The van der Waals surface area contributed by atoms with Gasteiger partial charge in [-0.1, -0.05) is 29.8 Å². The van der Waals surface area contributed by atoms with E-state index in [1.54, 1.807) is 50.2 Å². The van der Waals surface area contributed by atoms with Crippen LogP contribution in [0, 0.1) is 6.92 Å². The molecule has 2 N–H and O–H groups in total. The normalized spacial score (nSPS) is 12.4. The Hall–Kier alpha value is -4.31. The highest BCUT2D eigenvalue weighted by atomic mass is 32.1. The number of anilines is 1. The Morgan fingerprint density at radius 1 is 0.974 bits per heavy atom. The first-order chi connectivity index (χ1) is 18.3. The topological polar surface area (TPSA) is 123 Å². The molecule has 9 nitrogen and oxygen atoms in total. The van der Waals surface area contributed by atoms with Crippen molar-refractivity contribution < 1.29 is 28.7 Å². The number of ether oxygens (including phenoxy) is 2. The van der Waals surface area contributed by atoms with Crippen molar-refractivity contribution >= 4 is 45.8 Å². The summed E-state index contributed by atoms with van der Waals surface area (Å²) >= 11 is 1.28. The molecule has 10 heteroatoms. The van der Waals surface area contributed by atoms with E-state index in [1.807, 2.05) is 19.1 Å². The number of fused-ring (bicyclic) bond motifs is 1. The van der Waals surface area contributed by atoms with Gasteiger partial charge in [-0.05, 0) is 69.9 Å². The second kappa shape index (κ2) is 11.8. The number of nitrogens with one attached hydrogen (secondary N) is 2. The van der Waals surface area contributed by atoms with Crippen molar-refractivity contribution in [1.29, 1.82) is 0 Å². The number of hydrogen-bond donors (Lipinski definition) is 2. The second-order valence-corrected chi connectivity index (χ2v) is 9.73. The van der Waals surface area contributed by atoms with Crippen LogP contribution in [0.5, 0.6) is 5.75 Å². The number of carbonyl (C=O) groups excluding carboxylic acids is 4. The van der Waals surface area contributed by atoms with Crippen molar-refractivity contribution in [3.8, 4) is 5.75 Å². The number of hydrazone groups is 1. The van der Waals surface area contributed by atoms with Crippen molar-refractivity contribution in [3.63, 3.8) is 0 Å². The fourth-order valence-electron chi connectivity index (χ4n) is 4.02. The lowest BCUT2D eigenvalue weighted by Gasteiger charge is -2.10. The monoisotopic (exact) mass is 533 g/mol. The van der Waals surface area contributed by atoms with Gasteiger partial charge in [-0.15, -0.1) is 11.3 Å². The quantitative estimate of drug-likeness (QED) is 0.152. The molecule has 38 heavy (non-hydrogen) atoms. The third-order valence-electron chi connectivity index (χ3n) is 5.93. The van der Waals surface area contributed by atoms with Gasteiger partial charge < -0.3 is 14.8 Å². The maximum atomic E-state index is 12.6. The highest BCUT2D eigenvalue weighted by Crippen LogP contribution is 2.39. The van der Waals surface area contributed by atoms with Crippen LogP contribution >= 0.6 is 11.3 Å². The smallest absolute Gasteiger partial charge is 0.343 e. The minimum Gasteiger partial charge on any atom is -0.462 e. The van der Waals surface area contributed by atoms with Crippen LogP contribution in [0.2, 0.25) is 0 Å². The van der Waals surface area contributed by atoms with Gasteiger partial charge in [0.05, 0.1) is 23.4 Å². The second-order valence-electron chi connectivity index (χ2n) is 8.63. The number of para-hydroxylation sites is 1. The fourth-order valence-corrected chi connectivity index (χ4v) is 5.29. The van der Waals surface area contributed by atoms with E-state index in [2.05, 4.69) is 15.8 Å². The van der Waals surface area contributed by atoms with Gasteiger partial charge in [0.15, 0.2) is 0 Å². The van der Waals surface area contributed by atoms with Gasteiger partial charge in [0.1, 0.15) is 10.8 Å². The third-order valence-corrected chi connectivity index (χ3v) is 7.13. The summed E-state index contributed by atoms with van der Waals surface area (Å²) in [6.45, 7) is 5.44. The average Bonchev–Trinajstić information content (AvgIpc) is 3.48. The van der Waals surface area contributed by atoms with Crippen molar-refractivity contribution in [3.05, 3.63) is 81.2 Å². The van der Waals surface area contributed by atoms with E-state index in [4.69, 9.17) is 9.47 Å². The van der Waals surface area contributed by atoms with Crippen molar-refractivity contribution in [1.82, 2.24) is 5.43 Å². The van der Waals surface area contributed by atoms with Gasteiger partial charge in [0.2, 0.25) is 0 Å². The predicted molar refractivity (Wildman–Crippen MR) is 144 cm³/mol. The molecule has 0 unspecified atom stereocenters. The number of nitrogens with zero attached hydrogens (tertiary/aromatic N) is 1. The number of hydrogen-bond acceptors (Lipinski definition) is 8. The summed E-state index contributed by atoms with van der Waals surface area (Å²) in [5.41, 5.74) is 5.61. The summed E-state index contributed by atoms with van der Waals surface area (Å²) < 4.78 is 10.7. The lowest BCUT2D eigenvalue weighted by molar-refractivity contribution is -0.136. The van der Waals surface area contributed by atoms with Crippen molar-refractivity contribution in [2.24, 2.45) is 5.10 Å². The minimum atomic E-state index is -1.01. The molecule has 196 valence electrons. The van der Waals surface area contributed by atoms with Gasteiger partial charge in [-0.3, -0.25) is 9.59 Å². The number of thiophene rings is 1. The number of amides is 2. The molecule has 3 aromatic rings. The summed E-state index contributed by atoms with van der Waals surface area (Å²) in [5, 5.41) is 6.85. The van der Waals surface area contributed by atoms with Crippen LogP contribution in [-0.2, 0) is 27.2 Å². The molecular formula is C28H27N3O6S.